The van der Waals surface area contributed by atoms with E-state index in [-0.39, 0.29) is 17.8 Å². The van der Waals surface area contributed by atoms with Crippen LogP contribution in [0, 0.1) is 0 Å². The summed E-state index contributed by atoms with van der Waals surface area (Å²) in [5.74, 6) is 0.747. The van der Waals surface area contributed by atoms with Crippen molar-refractivity contribution in [1.82, 2.24) is 19.9 Å². The summed E-state index contributed by atoms with van der Waals surface area (Å²) in [6.45, 7) is 5.91. The number of alkyl halides is 3. The third-order valence-corrected chi connectivity index (χ3v) is 5.60. The summed E-state index contributed by atoms with van der Waals surface area (Å²) in [7, 11) is 1.53. The van der Waals surface area contributed by atoms with Crippen molar-refractivity contribution in [1.29, 1.82) is 0 Å². The number of nitrogens with zero attached hydrogens (tertiary/aromatic N) is 4. The molecule has 7 nitrogen and oxygen atoms in total. The predicted octanol–water partition coefficient (Wildman–Crippen LogP) is 5.27. The SMILES string of the molecule is CCC(C(C)Oc1ccc(C(F)(F)F)cn1)N(CC)C(=O)c1ccc(OC)cc1-c1ncccn1. The molecule has 0 saturated heterocycles. The van der Waals surface area contributed by atoms with Gasteiger partial charge in [0, 0.05) is 36.8 Å². The third-order valence-electron chi connectivity index (χ3n) is 5.60. The number of hydrogen-bond donors (Lipinski definition) is 0. The van der Waals surface area contributed by atoms with Gasteiger partial charge in [0.1, 0.15) is 11.9 Å². The highest BCUT2D eigenvalue weighted by Crippen LogP contribution is 2.30. The largest absolute Gasteiger partial charge is 0.497 e. The van der Waals surface area contributed by atoms with Crippen molar-refractivity contribution in [2.24, 2.45) is 0 Å². The lowest BCUT2D eigenvalue weighted by atomic mass is 10.0. The van der Waals surface area contributed by atoms with Crippen molar-refractivity contribution in [3.8, 4) is 23.0 Å². The highest BCUT2D eigenvalue weighted by molar-refractivity contribution is 6.00. The molecule has 1 aromatic carbocycles. The number of pyridine rings is 1. The van der Waals surface area contributed by atoms with Crippen LogP contribution in [0.15, 0.2) is 55.0 Å². The molecule has 0 spiro atoms. The molecular formula is C25H27F3N4O3. The Morgan fingerprint density at radius 3 is 2.34 bits per heavy atom. The second-order valence-electron chi connectivity index (χ2n) is 7.76. The zero-order valence-corrected chi connectivity index (χ0v) is 19.9. The summed E-state index contributed by atoms with van der Waals surface area (Å²) in [5.41, 5.74) is 0.0726. The van der Waals surface area contributed by atoms with E-state index >= 15 is 0 Å². The number of halogens is 3. The average Bonchev–Trinajstić information content (AvgIpc) is 2.86. The van der Waals surface area contributed by atoms with Gasteiger partial charge in [-0.05, 0) is 50.6 Å². The smallest absolute Gasteiger partial charge is 0.417 e. The molecule has 0 bridgehead atoms. The first-order valence-electron chi connectivity index (χ1n) is 11.2. The Kier molecular flexibility index (Phi) is 8.26. The van der Waals surface area contributed by atoms with Gasteiger partial charge < -0.3 is 14.4 Å². The molecule has 0 fully saturated rings. The molecule has 0 saturated carbocycles. The zero-order valence-electron chi connectivity index (χ0n) is 19.9. The van der Waals surface area contributed by atoms with Gasteiger partial charge in [-0.3, -0.25) is 4.79 Å². The van der Waals surface area contributed by atoms with Crippen LogP contribution in [0.25, 0.3) is 11.4 Å². The Morgan fingerprint density at radius 2 is 1.80 bits per heavy atom. The summed E-state index contributed by atoms with van der Waals surface area (Å²) in [6, 6.07) is 8.49. The zero-order chi connectivity index (χ0) is 25.6. The Hall–Kier alpha value is -3.69. The van der Waals surface area contributed by atoms with Crippen molar-refractivity contribution in [3.63, 3.8) is 0 Å². The number of benzene rings is 1. The van der Waals surface area contributed by atoms with Gasteiger partial charge in [0.05, 0.1) is 24.3 Å². The Balaban J connectivity index is 1.88. The van der Waals surface area contributed by atoms with Crippen molar-refractivity contribution in [2.75, 3.05) is 13.7 Å². The second kappa shape index (κ2) is 11.2. The number of methoxy groups -OCH3 is 1. The fraction of sp³-hybridized carbons (Fsp3) is 0.360. The fourth-order valence-corrected chi connectivity index (χ4v) is 3.84. The van der Waals surface area contributed by atoms with Crippen molar-refractivity contribution in [3.05, 3.63) is 66.1 Å². The quantitative estimate of drug-likeness (QED) is 0.408. The minimum absolute atomic E-state index is 0.0512. The molecular weight excluding hydrogens is 461 g/mol. The molecule has 2 atom stereocenters. The molecule has 1 amide bonds. The number of likely N-dealkylation sites (N-methyl/N-ethyl adjacent to an activating group) is 1. The highest BCUT2D eigenvalue weighted by Gasteiger charge is 2.32. The van der Waals surface area contributed by atoms with Gasteiger partial charge in [0.15, 0.2) is 5.82 Å². The Bertz CT molecular complexity index is 1130. The van der Waals surface area contributed by atoms with Crippen molar-refractivity contribution >= 4 is 5.91 Å². The van der Waals surface area contributed by atoms with Crippen LogP contribution in [-0.4, -0.2) is 51.6 Å². The van der Waals surface area contributed by atoms with Crippen LogP contribution in [0.4, 0.5) is 13.2 Å². The summed E-state index contributed by atoms with van der Waals surface area (Å²) >= 11 is 0. The second-order valence-corrected chi connectivity index (χ2v) is 7.76. The normalized spacial score (nSPS) is 13.1. The molecule has 0 aliphatic carbocycles. The number of amides is 1. The van der Waals surface area contributed by atoms with E-state index < -0.39 is 17.8 Å². The molecule has 35 heavy (non-hydrogen) atoms. The molecule has 186 valence electrons. The topological polar surface area (TPSA) is 77.4 Å². The number of rotatable bonds is 9. The monoisotopic (exact) mass is 488 g/mol. The summed E-state index contributed by atoms with van der Waals surface area (Å²) < 4.78 is 49.6. The molecule has 0 radical (unpaired) electrons. The number of aromatic nitrogens is 3. The highest BCUT2D eigenvalue weighted by atomic mass is 19.4. The number of carbonyl (C=O) groups excluding carboxylic acids is 1. The minimum Gasteiger partial charge on any atom is -0.497 e. The van der Waals surface area contributed by atoms with E-state index in [0.29, 0.717) is 35.7 Å². The first-order chi connectivity index (χ1) is 16.7. The molecule has 0 aliphatic heterocycles. The first-order valence-corrected chi connectivity index (χ1v) is 11.2. The van der Waals surface area contributed by atoms with Crippen LogP contribution in [0.2, 0.25) is 0 Å². The maximum absolute atomic E-state index is 13.7. The molecule has 2 heterocycles. The van der Waals surface area contributed by atoms with Crippen LogP contribution < -0.4 is 9.47 Å². The number of hydrogen-bond acceptors (Lipinski definition) is 6. The lowest BCUT2D eigenvalue weighted by molar-refractivity contribution is -0.137. The van der Waals surface area contributed by atoms with Gasteiger partial charge >= 0.3 is 6.18 Å². The van der Waals surface area contributed by atoms with Crippen molar-refractivity contribution in [2.45, 2.75) is 45.5 Å². The van der Waals surface area contributed by atoms with Gasteiger partial charge in [-0.15, -0.1) is 0 Å². The number of carbonyl (C=O) groups is 1. The number of ether oxygens (including phenoxy) is 2. The van der Waals surface area contributed by atoms with Crippen LogP contribution in [0.3, 0.4) is 0 Å². The van der Waals surface area contributed by atoms with Crippen LogP contribution in [-0.2, 0) is 6.18 Å². The van der Waals surface area contributed by atoms with E-state index in [9.17, 15) is 18.0 Å². The van der Waals surface area contributed by atoms with Crippen LogP contribution >= 0.6 is 0 Å². The summed E-state index contributed by atoms with van der Waals surface area (Å²) in [5, 5.41) is 0. The van der Waals surface area contributed by atoms with Gasteiger partial charge in [-0.1, -0.05) is 6.92 Å². The van der Waals surface area contributed by atoms with Gasteiger partial charge in [0.25, 0.3) is 5.91 Å². The van der Waals surface area contributed by atoms with Gasteiger partial charge in [0.2, 0.25) is 5.88 Å². The van der Waals surface area contributed by atoms with E-state index in [4.69, 9.17) is 9.47 Å². The Labute approximate surface area is 201 Å². The van der Waals surface area contributed by atoms with Crippen LogP contribution in [0.5, 0.6) is 11.6 Å². The molecule has 3 rings (SSSR count). The third kappa shape index (κ3) is 6.06. The predicted molar refractivity (Wildman–Crippen MR) is 124 cm³/mol. The molecule has 2 aromatic heterocycles. The average molecular weight is 489 g/mol. The van der Waals surface area contributed by atoms with E-state index in [1.165, 1.54) is 13.2 Å². The maximum atomic E-state index is 13.7. The Morgan fingerprint density at radius 1 is 1.09 bits per heavy atom. The summed E-state index contributed by atoms with van der Waals surface area (Å²) in [6.07, 6.45) is -0.551. The minimum atomic E-state index is -4.48. The van der Waals surface area contributed by atoms with Gasteiger partial charge in [-0.25, -0.2) is 15.0 Å². The standard InChI is InChI=1S/C25H27F3N4O3/c1-5-21(16(3)35-22-11-8-17(15-31-22)25(26,27)28)32(6-2)24(33)19-10-9-18(34-4)14-20(19)23-29-12-7-13-30-23/h7-16,21H,5-6H2,1-4H3. The van der Waals surface area contributed by atoms with E-state index in [1.807, 2.05) is 13.8 Å². The fourth-order valence-electron chi connectivity index (χ4n) is 3.84. The molecule has 2 unspecified atom stereocenters. The maximum Gasteiger partial charge on any atom is 0.417 e. The van der Waals surface area contributed by atoms with E-state index in [2.05, 4.69) is 15.0 Å². The lowest BCUT2D eigenvalue weighted by Crippen LogP contribution is -2.47. The first kappa shape index (κ1) is 25.9. The molecule has 0 aliphatic rings. The lowest BCUT2D eigenvalue weighted by Gasteiger charge is -2.34. The molecule has 10 heteroatoms. The summed E-state index contributed by atoms with van der Waals surface area (Å²) in [4.78, 5) is 27.7. The van der Waals surface area contributed by atoms with E-state index in [0.717, 1.165) is 12.3 Å². The molecule has 3 aromatic rings. The van der Waals surface area contributed by atoms with E-state index in [1.54, 1.807) is 48.5 Å². The molecule has 0 N–H and O–H groups in total. The van der Waals surface area contributed by atoms with Crippen LogP contribution in [0.1, 0.15) is 43.1 Å². The van der Waals surface area contributed by atoms with Gasteiger partial charge in [-0.2, -0.15) is 13.2 Å². The van der Waals surface area contributed by atoms with Crippen molar-refractivity contribution < 1.29 is 27.4 Å².